The van der Waals surface area contributed by atoms with E-state index in [-0.39, 0.29) is 5.82 Å². The van der Waals surface area contributed by atoms with Crippen LogP contribution in [0.15, 0.2) is 54.9 Å². The fourth-order valence-electron chi connectivity index (χ4n) is 2.16. The van der Waals surface area contributed by atoms with E-state index >= 15 is 0 Å². The molecule has 0 unspecified atom stereocenters. The highest BCUT2D eigenvalue weighted by atomic mass is 19.1. The fraction of sp³-hybridized carbons (Fsp3) is 0.176. The number of halogens is 1. The van der Waals surface area contributed by atoms with Crippen molar-refractivity contribution in [1.29, 1.82) is 0 Å². The van der Waals surface area contributed by atoms with Crippen LogP contribution in [0.3, 0.4) is 0 Å². The minimum atomic E-state index is -0.196. The largest absolute Gasteiger partial charge is 0.368 e. The Morgan fingerprint density at radius 2 is 1.88 bits per heavy atom. The van der Waals surface area contributed by atoms with Crippen LogP contribution in [-0.2, 0) is 13.0 Å². The number of pyridine rings is 1. The molecule has 0 saturated heterocycles. The molecule has 0 amide bonds. The van der Waals surface area contributed by atoms with E-state index in [1.165, 1.54) is 12.3 Å². The van der Waals surface area contributed by atoms with Gasteiger partial charge in [-0.05, 0) is 30.2 Å². The van der Waals surface area contributed by atoms with Gasteiger partial charge in [0, 0.05) is 12.7 Å². The van der Waals surface area contributed by atoms with E-state index in [0.717, 1.165) is 5.69 Å². The van der Waals surface area contributed by atoms with E-state index in [9.17, 15) is 4.39 Å². The summed E-state index contributed by atoms with van der Waals surface area (Å²) < 4.78 is 13.6. The highest BCUT2D eigenvalue weighted by Crippen LogP contribution is 2.09. The molecule has 122 valence electrons. The van der Waals surface area contributed by atoms with Gasteiger partial charge in [0.05, 0.1) is 18.4 Å². The van der Waals surface area contributed by atoms with Crippen molar-refractivity contribution in [2.45, 2.75) is 13.0 Å². The zero-order chi connectivity index (χ0) is 16.6. The molecule has 0 radical (unpaired) electrons. The molecule has 1 aromatic carbocycles. The third-order valence-corrected chi connectivity index (χ3v) is 3.37. The molecular weight excluding hydrogens is 307 g/mol. The Bertz CT molecular complexity index is 781. The first-order valence-corrected chi connectivity index (χ1v) is 7.62. The van der Waals surface area contributed by atoms with Crippen molar-refractivity contribution in [1.82, 2.24) is 20.2 Å². The van der Waals surface area contributed by atoms with Crippen LogP contribution in [0.25, 0.3) is 0 Å². The summed E-state index contributed by atoms with van der Waals surface area (Å²) in [6, 6.07) is 12.4. The van der Waals surface area contributed by atoms with Crippen molar-refractivity contribution < 1.29 is 4.39 Å². The quantitative estimate of drug-likeness (QED) is 0.696. The third-order valence-electron chi connectivity index (χ3n) is 3.37. The van der Waals surface area contributed by atoms with Gasteiger partial charge in [0.15, 0.2) is 5.82 Å². The minimum Gasteiger partial charge on any atom is -0.368 e. The van der Waals surface area contributed by atoms with Gasteiger partial charge in [-0.25, -0.2) is 4.39 Å². The second-order valence-electron chi connectivity index (χ2n) is 5.11. The molecule has 0 saturated carbocycles. The number of nitrogens with one attached hydrogen (secondary N) is 2. The molecule has 0 aliphatic rings. The lowest BCUT2D eigenvalue weighted by Gasteiger charge is -2.08. The van der Waals surface area contributed by atoms with Gasteiger partial charge in [-0.2, -0.15) is 10.1 Å². The maximum Gasteiger partial charge on any atom is 0.245 e. The summed E-state index contributed by atoms with van der Waals surface area (Å²) in [6.07, 6.45) is 3.83. The minimum absolute atomic E-state index is 0.196. The Morgan fingerprint density at radius 3 is 2.71 bits per heavy atom. The molecule has 2 heterocycles. The predicted octanol–water partition coefficient (Wildman–Crippen LogP) is 2.67. The lowest BCUT2D eigenvalue weighted by Crippen LogP contribution is -2.11. The van der Waals surface area contributed by atoms with Gasteiger partial charge in [0.2, 0.25) is 5.95 Å². The summed E-state index contributed by atoms with van der Waals surface area (Å²) in [4.78, 5) is 8.54. The average Bonchev–Trinajstić information content (AvgIpc) is 2.63. The van der Waals surface area contributed by atoms with Gasteiger partial charge in [0.25, 0.3) is 0 Å². The highest BCUT2D eigenvalue weighted by molar-refractivity contribution is 5.37. The van der Waals surface area contributed by atoms with Crippen LogP contribution >= 0.6 is 0 Å². The summed E-state index contributed by atoms with van der Waals surface area (Å²) in [7, 11) is 0. The Morgan fingerprint density at radius 1 is 1.00 bits per heavy atom. The van der Waals surface area contributed by atoms with E-state index in [1.807, 2.05) is 24.3 Å². The molecule has 0 aliphatic heterocycles. The molecule has 3 rings (SSSR count). The first-order chi connectivity index (χ1) is 11.8. The second-order valence-corrected chi connectivity index (χ2v) is 5.11. The van der Waals surface area contributed by atoms with E-state index in [4.69, 9.17) is 0 Å². The average molecular weight is 324 g/mol. The third kappa shape index (κ3) is 4.45. The number of benzene rings is 1. The van der Waals surface area contributed by atoms with Gasteiger partial charge in [0.1, 0.15) is 5.82 Å². The van der Waals surface area contributed by atoms with E-state index in [1.54, 1.807) is 18.3 Å². The number of rotatable bonds is 7. The van der Waals surface area contributed by atoms with Crippen molar-refractivity contribution >= 4 is 11.8 Å². The maximum absolute atomic E-state index is 13.6. The van der Waals surface area contributed by atoms with Gasteiger partial charge in [-0.3, -0.25) is 4.98 Å². The Balaban J connectivity index is 1.52. The SMILES string of the molecule is Fc1ccccc1CCNc1cnnc(NCc2ccccn2)n1. The molecule has 0 aliphatic carbocycles. The van der Waals surface area contributed by atoms with Crippen LogP contribution in [0.2, 0.25) is 0 Å². The Kier molecular flexibility index (Phi) is 5.24. The molecule has 0 spiro atoms. The van der Waals surface area contributed by atoms with Gasteiger partial charge in [-0.1, -0.05) is 24.3 Å². The van der Waals surface area contributed by atoms with E-state index in [2.05, 4.69) is 30.8 Å². The number of anilines is 2. The normalized spacial score (nSPS) is 10.4. The summed E-state index contributed by atoms with van der Waals surface area (Å²) in [6.45, 7) is 1.07. The molecule has 2 aromatic heterocycles. The molecule has 0 fully saturated rings. The molecule has 0 bridgehead atoms. The lowest BCUT2D eigenvalue weighted by molar-refractivity contribution is 0.610. The van der Waals surface area contributed by atoms with Crippen LogP contribution < -0.4 is 10.6 Å². The monoisotopic (exact) mass is 324 g/mol. The first kappa shape index (κ1) is 15.8. The summed E-state index contributed by atoms with van der Waals surface area (Å²) in [5.74, 6) is 0.805. The van der Waals surface area contributed by atoms with Gasteiger partial charge in [-0.15, -0.1) is 5.10 Å². The number of aromatic nitrogens is 4. The first-order valence-electron chi connectivity index (χ1n) is 7.62. The zero-order valence-corrected chi connectivity index (χ0v) is 13.0. The zero-order valence-electron chi connectivity index (χ0n) is 13.0. The maximum atomic E-state index is 13.6. The van der Waals surface area contributed by atoms with Crippen molar-refractivity contribution in [3.63, 3.8) is 0 Å². The number of nitrogens with zero attached hydrogens (tertiary/aromatic N) is 4. The van der Waals surface area contributed by atoms with Gasteiger partial charge < -0.3 is 10.6 Å². The van der Waals surface area contributed by atoms with Gasteiger partial charge >= 0.3 is 0 Å². The second kappa shape index (κ2) is 7.96. The molecule has 0 atom stereocenters. The number of hydrogen-bond donors (Lipinski definition) is 2. The molecule has 2 N–H and O–H groups in total. The highest BCUT2D eigenvalue weighted by Gasteiger charge is 2.03. The predicted molar refractivity (Wildman–Crippen MR) is 90.0 cm³/mol. The molecule has 24 heavy (non-hydrogen) atoms. The van der Waals surface area contributed by atoms with Crippen LogP contribution in [0.4, 0.5) is 16.2 Å². The van der Waals surface area contributed by atoms with Crippen molar-refractivity contribution in [2.24, 2.45) is 0 Å². The van der Waals surface area contributed by atoms with E-state index in [0.29, 0.717) is 36.8 Å². The Hall–Kier alpha value is -3.09. The van der Waals surface area contributed by atoms with E-state index < -0.39 is 0 Å². The topological polar surface area (TPSA) is 75.6 Å². The fourth-order valence-corrected chi connectivity index (χ4v) is 2.16. The van der Waals surface area contributed by atoms with Crippen LogP contribution in [0, 0.1) is 5.82 Å². The summed E-state index contributed by atoms with van der Waals surface area (Å²) >= 11 is 0. The summed E-state index contributed by atoms with van der Waals surface area (Å²) in [5.41, 5.74) is 1.56. The van der Waals surface area contributed by atoms with Crippen molar-refractivity contribution in [3.05, 3.63) is 71.9 Å². The molecule has 3 aromatic rings. The summed E-state index contributed by atoms with van der Waals surface area (Å²) in [5, 5.41) is 14.0. The molecule has 6 nitrogen and oxygen atoms in total. The smallest absolute Gasteiger partial charge is 0.245 e. The standard InChI is InChI=1S/C17H17FN6/c18-15-7-2-1-5-13(15)8-10-20-16-12-22-24-17(23-16)21-11-14-6-3-4-9-19-14/h1-7,9,12H,8,10-11H2,(H2,20,21,23,24). The van der Waals surface area contributed by atoms with Crippen molar-refractivity contribution in [3.8, 4) is 0 Å². The lowest BCUT2D eigenvalue weighted by atomic mass is 10.1. The Labute approximate surface area is 139 Å². The van der Waals surface area contributed by atoms with Crippen LogP contribution in [0.5, 0.6) is 0 Å². The van der Waals surface area contributed by atoms with Crippen molar-refractivity contribution in [2.75, 3.05) is 17.2 Å². The molecular formula is C17H17FN6. The number of hydrogen-bond acceptors (Lipinski definition) is 6. The van der Waals surface area contributed by atoms with Crippen LogP contribution in [-0.4, -0.2) is 26.7 Å². The van der Waals surface area contributed by atoms with Crippen LogP contribution in [0.1, 0.15) is 11.3 Å². The molecule has 7 heteroatoms.